The third kappa shape index (κ3) is 3.22. The van der Waals surface area contributed by atoms with Crippen molar-refractivity contribution in [2.75, 3.05) is 26.2 Å². The minimum absolute atomic E-state index is 0.189. The zero-order valence-corrected chi connectivity index (χ0v) is 11.9. The number of urea groups is 1. The maximum atomic E-state index is 12.3. The lowest BCUT2D eigenvalue weighted by Crippen LogP contribution is -2.45. The fourth-order valence-corrected chi connectivity index (χ4v) is 3.84. The predicted molar refractivity (Wildman–Crippen MR) is 76.2 cm³/mol. The van der Waals surface area contributed by atoms with Crippen LogP contribution < -0.4 is 5.32 Å². The van der Waals surface area contributed by atoms with E-state index in [0.717, 1.165) is 19.5 Å². The molecule has 0 bridgehead atoms. The first-order chi connectivity index (χ1) is 9.33. The summed E-state index contributed by atoms with van der Waals surface area (Å²) in [6.07, 6.45) is 10.1. The lowest BCUT2D eigenvalue weighted by molar-refractivity contribution is 0.191. The van der Waals surface area contributed by atoms with E-state index in [2.05, 4.69) is 10.2 Å². The van der Waals surface area contributed by atoms with Gasteiger partial charge in [0.1, 0.15) is 0 Å². The van der Waals surface area contributed by atoms with Gasteiger partial charge >= 0.3 is 6.03 Å². The van der Waals surface area contributed by atoms with E-state index in [1.54, 1.807) is 0 Å². The monoisotopic (exact) mass is 265 g/mol. The van der Waals surface area contributed by atoms with E-state index in [-0.39, 0.29) is 6.03 Å². The van der Waals surface area contributed by atoms with Crippen molar-refractivity contribution in [2.24, 2.45) is 0 Å². The minimum atomic E-state index is 0.189. The van der Waals surface area contributed by atoms with Gasteiger partial charge in [-0.15, -0.1) is 0 Å². The Morgan fingerprint density at radius 1 is 0.895 bits per heavy atom. The first kappa shape index (κ1) is 13.2. The molecule has 19 heavy (non-hydrogen) atoms. The molecule has 1 unspecified atom stereocenters. The van der Waals surface area contributed by atoms with E-state index in [1.165, 1.54) is 58.0 Å². The molecule has 2 heterocycles. The van der Waals surface area contributed by atoms with Gasteiger partial charge in [0.2, 0.25) is 0 Å². The van der Waals surface area contributed by atoms with Crippen molar-refractivity contribution in [1.82, 2.24) is 15.1 Å². The number of carbonyl (C=O) groups excluding carboxylic acids is 1. The van der Waals surface area contributed by atoms with Gasteiger partial charge in [0.05, 0.1) is 0 Å². The van der Waals surface area contributed by atoms with E-state index in [0.29, 0.717) is 12.1 Å². The fourth-order valence-electron chi connectivity index (χ4n) is 3.84. The molecule has 3 aliphatic rings. The molecule has 1 aliphatic carbocycles. The predicted octanol–water partition coefficient (Wildman–Crippen LogP) is 2.20. The number of likely N-dealkylation sites (tertiary alicyclic amines) is 2. The molecular formula is C15H27N3O. The van der Waals surface area contributed by atoms with Crippen molar-refractivity contribution in [3.8, 4) is 0 Å². The lowest BCUT2D eigenvalue weighted by Gasteiger charge is -2.27. The second kappa shape index (κ2) is 6.12. The number of hydrogen-bond donors (Lipinski definition) is 1. The van der Waals surface area contributed by atoms with Crippen LogP contribution in [0, 0.1) is 0 Å². The van der Waals surface area contributed by atoms with E-state index in [1.807, 2.05) is 4.90 Å². The Hall–Kier alpha value is -0.770. The van der Waals surface area contributed by atoms with Gasteiger partial charge in [-0.05, 0) is 45.2 Å². The summed E-state index contributed by atoms with van der Waals surface area (Å²) in [6, 6.07) is 1.25. The highest BCUT2D eigenvalue weighted by atomic mass is 16.2. The van der Waals surface area contributed by atoms with Crippen LogP contribution in [0.5, 0.6) is 0 Å². The molecular weight excluding hydrogens is 238 g/mol. The maximum Gasteiger partial charge on any atom is 0.317 e. The molecule has 3 rings (SSSR count). The number of hydrogen-bond acceptors (Lipinski definition) is 2. The summed E-state index contributed by atoms with van der Waals surface area (Å²) >= 11 is 0. The number of rotatable bonds is 2. The summed E-state index contributed by atoms with van der Waals surface area (Å²) in [6.45, 7) is 4.36. The van der Waals surface area contributed by atoms with Gasteiger partial charge in [-0.3, -0.25) is 4.90 Å². The summed E-state index contributed by atoms with van der Waals surface area (Å²) in [5.41, 5.74) is 0. The molecule has 2 amide bonds. The molecule has 2 saturated heterocycles. The molecule has 0 radical (unpaired) electrons. The van der Waals surface area contributed by atoms with Gasteiger partial charge in [-0.2, -0.15) is 0 Å². The van der Waals surface area contributed by atoms with Gasteiger partial charge < -0.3 is 10.2 Å². The highest BCUT2D eigenvalue weighted by molar-refractivity contribution is 5.74. The largest absolute Gasteiger partial charge is 0.335 e. The number of nitrogens with zero attached hydrogens (tertiary/aromatic N) is 2. The highest BCUT2D eigenvalue weighted by Gasteiger charge is 2.32. The molecule has 2 aliphatic heterocycles. The van der Waals surface area contributed by atoms with Gasteiger partial charge in [0.15, 0.2) is 0 Å². The molecule has 0 spiro atoms. The second-order valence-corrected chi connectivity index (χ2v) is 6.42. The third-order valence-electron chi connectivity index (χ3n) is 5.04. The van der Waals surface area contributed by atoms with Crippen molar-refractivity contribution < 1.29 is 4.79 Å². The average molecular weight is 265 g/mol. The van der Waals surface area contributed by atoms with E-state index >= 15 is 0 Å². The van der Waals surface area contributed by atoms with Crippen LogP contribution in [-0.2, 0) is 0 Å². The number of nitrogens with one attached hydrogen (secondary N) is 1. The quantitative estimate of drug-likeness (QED) is 0.831. The summed E-state index contributed by atoms with van der Waals surface area (Å²) in [7, 11) is 0. The first-order valence-corrected chi connectivity index (χ1v) is 8.12. The Morgan fingerprint density at radius 2 is 1.63 bits per heavy atom. The standard InChI is InChI=1S/C15H27N3O/c19-15(16-13-6-2-1-3-7-13)18-11-8-14(12-18)17-9-4-5-10-17/h13-14H,1-12H2,(H,16,19). The maximum absolute atomic E-state index is 12.3. The molecule has 3 fully saturated rings. The van der Waals surface area contributed by atoms with Crippen LogP contribution in [0.3, 0.4) is 0 Å². The normalized spacial score (nSPS) is 29.9. The van der Waals surface area contributed by atoms with Crippen molar-refractivity contribution >= 4 is 6.03 Å². The second-order valence-electron chi connectivity index (χ2n) is 6.42. The van der Waals surface area contributed by atoms with Crippen LogP contribution in [0.2, 0.25) is 0 Å². The molecule has 4 heteroatoms. The number of amides is 2. The minimum Gasteiger partial charge on any atom is -0.335 e. The fraction of sp³-hybridized carbons (Fsp3) is 0.933. The van der Waals surface area contributed by atoms with Gasteiger partial charge in [-0.25, -0.2) is 4.79 Å². The van der Waals surface area contributed by atoms with Gasteiger partial charge in [0, 0.05) is 25.2 Å². The molecule has 1 N–H and O–H groups in total. The van der Waals surface area contributed by atoms with E-state index in [4.69, 9.17) is 0 Å². The Balaban J connectivity index is 1.45. The van der Waals surface area contributed by atoms with Crippen molar-refractivity contribution in [2.45, 2.75) is 63.5 Å². The zero-order valence-electron chi connectivity index (χ0n) is 11.9. The van der Waals surface area contributed by atoms with Crippen LogP contribution >= 0.6 is 0 Å². The lowest BCUT2D eigenvalue weighted by atomic mass is 9.96. The molecule has 1 atom stereocenters. The van der Waals surface area contributed by atoms with Gasteiger partial charge in [-0.1, -0.05) is 19.3 Å². The Morgan fingerprint density at radius 3 is 2.37 bits per heavy atom. The number of carbonyl (C=O) groups is 1. The molecule has 4 nitrogen and oxygen atoms in total. The van der Waals surface area contributed by atoms with Crippen LogP contribution in [-0.4, -0.2) is 54.1 Å². The topological polar surface area (TPSA) is 35.6 Å². The van der Waals surface area contributed by atoms with Crippen molar-refractivity contribution in [1.29, 1.82) is 0 Å². The van der Waals surface area contributed by atoms with E-state index < -0.39 is 0 Å². The Kier molecular flexibility index (Phi) is 4.26. The van der Waals surface area contributed by atoms with Gasteiger partial charge in [0.25, 0.3) is 0 Å². The smallest absolute Gasteiger partial charge is 0.317 e. The molecule has 0 aromatic carbocycles. The van der Waals surface area contributed by atoms with Crippen LogP contribution in [0.25, 0.3) is 0 Å². The molecule has 0 aromatic heterocycles. The summed E-state index contributed by atoms with van der Waals surface area (Å²) in [5.74, 6) is 0. The van der Waals surface area contributed by atoms with E-state index in [9.17, 15) is 4.79 Å². The van der Waals surface area contributed by atoms with Crippen LogP contribution in [0.1, 0.15) is 51.4 Å². The average Bonchev–Trinajstić information content (AvgIpc) is 3.11. The Bertz CT molecular complexity index is 309. The summed E-state index contributed by atoms with van der Waals surface area (Å²) in [4.78, 5) is 16.9. The van der Waals surface area contributed by atoms with Crippen LogP contribution in [0.15, 0.2) is 0 Å². The van der Waals surface area contributed by atoms with Crippen molar-refractivity contribution in [3.63, 3.8) is 0 Å². The first-order valence-electron chi connectivity index (χ1n) is 8.12. The summed E-state index contributed by atoms with van der Waals surface area (Å²) < 4.78 is 0. The highest BCUT2D eigenvalue weighted by Crippen LogP contribution is 2.21. The summed E-state index contributed by atoms with van der Waals surface area (Å²) in [5, 5.41) is 3.24. The molecule has 108 valence electrons. The molecule has 1 saturated carbocycles. The molecule has 0 aromatic rings. The van der Waals surface area contributed by atoms with Crippen molar-refractivity contribution in [3.05, 3.63) is 0 Å². The zero-order chi connectivity index (χ0) is 13.1. The third-order valence-corrected chi connectivity index (χ3v) is 5.04. The van der Waals surface area contributed by atoms with Crippen LogP contribution in [0.4, 0.5) is 4.79 Å². The Labute approximate surface area is 116 Å². The SMILES string of the molecule is O=C(NC1CCCCC1)N1CCC(N2CCCC2)C1.